The van der Waals surface area contributed by atoms with Crippen molar-refractivity contribution < 1.29 is 91.7 Å². The van der Waals surface area contributed by atoms with E-state index in [1.54, 1.807) is 88.6 Å². The van der Waals surface area contributed by atoms with Crippen LogP contribution in [-0.4, -0.2) is 277 Å². The number of carbonyl (C=O) groups is 17. The van der Waals surface area contributed by atoms with Crippen molar-refractivity contribution in [2.24, 2.45) is 34.8 Å². The molecule has 0 aliphatic carbocycles. The van der Waals surface area contributed by atoms with Gasteiger partial charge < -0.3 is 122 Å². The Bertz CT molecular complexity index is 4370. The number of thiol groups is 2. The number of primary amides is 2. The van der Waals surface area contributed by atoms with E-state index in [-0.39, 0.29) is 89.1 Å². The lowest BCUT2D eigenvalue weighted by atomic mass is 10.00. The Balaban J connectivity index is 1.12. The number of para-hydroxylation sites is 2. The maximum absolute atomic E-state index is 14.6. The van der Waals surface area contributed by atoms with Crippen molar-refractivity contribution in [2.45, 2.75) is 203 Å². The van der Waals surface area contributed by atoms with Gasteiger partial charge in [0.05, 0.1) is 31.7 Å². The number of carboxylic acids is 1. The summed E-state index contributed by atoms with van der Waals surface area (Å²) in [5, 5.41) is 62.7. The molecule has 0 radical (unpaired) electrons. The van der Waals surface area contributed by atoms with Crippen LogP contribution in [-0.2, 0) is 94.3 Å². The van der Waals surface area contributed by atoms with Gasteiger partial charge in [-0.1, -0.05) is 64.1 Å². The van der Waals surface area contributed by atoms with E-state index in [1.807, 2.05) is 6.26 Å². The summed E-state index contributed by atoms with van der Waals surface area (Å²) in [4.78, 5) is 242. The minimum absolute atomic E-state index is 0.0349. The van der Waals surface area contributed by atoms with Crippen LogP contribution in [0, 0.1) is 17.2 Å². The number of carbonyl (C=O) groups excluding carboxylic acids is 16. The molecule has 2 aliphatic rings. The zero-order chi connectivity index (χ0) is 89.5. The van der Waals surface area contributed by atoms with E-state index in [0.717, 1.165) is 11.8 Å². The van der Waals surface area contributed by atoms with Crippen LogP contribution in [0.25, 0.3) is 21.8 Å². The average molecular weight is 1750 g/mol. The normalized spacial score (nSPS) is 16.8. The van der Waals surface area contributed by atoms with E-state index in [9.17, 15) is 91.7 Å². The van der Waals surface area contributed by atoms with Crippen LogP contribution >= 0.6 is 37.0 Å². The third-order valence-electron chi connectivity index (χ3n) is 20.2. The summed E-state index contributed by atoms with van der Waals surface area (Å²) < 4.78 is 0. The van der Waals surface area contributed by atoms with Crippen molar-refractivity contribution in [3.05, 3.63) is 72.1 Å². The molecule has 2 aromatic heterocycles. The third kappa shape index (κ3) is 30.1. The second kappa shape index (κ2) is 48.3. The van der Waals surface area contributed by atoms with Gasteiger partial charge in [0.1, 0.15) is 72.5 Å². The summed E-state index contributed by atoms with van der Waals surface area (Å²) in [7, 11) is 0. The molecule has 0 saturated carbocycles. The van der Waals surface area contributed by atoms with Crippen LogP contribution in [0.15, 0.2) is 60.9 Å². The summed E-state index contributed by atoms with van der Waals surface area (Å²) in [6, 6.07) is -3.98. The number of H-pyrrole nitrogens is 2. The van der Waals surface area contributed by atoms with Gasteiger partial charge in [-0.05, 0) is 112 Å². The van der Waals surface area contributed by atoms with Crippen LogP contribution in [0.2, 0.25) is 0 Å². The number of likely N-dealkylation sites (tertiary alicyclic amines) is 2. The number of hydrogen-bond acceptors (Lipinski definition) is 23. The monoisotopic (exact) mass is 1750 g/mol. The van der Waals surface area contributed by atoms with Crippen molar-refractivity contribution in [1.29, 1.82) is 5.41 Å². The Hall–Kier alpha value is -11.2. The highest BCUT2D eigenvalue weighted by Crippen LogP contribution is 2.25. The number of amides is 16. The number of nitrogens with two attached hydrogens (primary N) is 4. The molecule has 6 rings (SSSR count). The smallest absolute Gasteiger partial charge is 0.303 e. The van der Waals surface area contributed by atoms with Gasteiger partial charge in [0, 0.05) is 84.6 Å². The molecule has 26 N–H and O–H groups in total. The second-order valence-electron chi connectivity index (χ2n) is 30.4. The van der Waals surface area contributed by atoms with Crippen LogP contribution in [0.1, 0.15) is 116 Å². The zero-order valence-corrected chi connectivity index (χ0v) is 70.8. The SMILES string of the molecule is CSCC[C@H](NC(=O)[C@H](CS)NC(=O)[C@@H](NC(=O)[C@H](Cc1c[nH]c2ccccc12)NC(=O)CNC(=O)[C@H](Cc1c[nH]c2ccccc12)NC(=O)[C@@H]1CCCN1C(=O)CNC(=O)[C@H](CCC(=O)O)NC(=O)[C@@H](NC(=O)[C@H](CS)NC(=O)[C@H](CCCNC(=N)N)NC(=O)[C@@H]1CCCN1C(=O)[C@H](CC(C)C)NC(=O)[C@@H](N)CC(N)=O)[C@@H](C)O)C(C)C)C(N)=O. The van der Waals surface area contributed by atoms with Crippen molar-refractivity contribution >= 4 is 165 Å². The number of aliphatic carboxylic acids is 1. The number of aliphatic hydroxyl groups is 1. The molecule has 0 spiro atoms. The molecule has 0 unspecified atom stereocenters. The predicted molar refractivity (Wildman–Crippen MR) is 452 cm³/mol. The number of aliphatic hydroxyl groups excluding tert-OH is 1. The first-order valence-electron chi connectivity index (χ1n) is 39.7. The van der Waals surface area contributed by atoms with Gasteiger partial charge in [0.2, 0.25) is 94.5 Å². The molecule has 41 nitrogen and oxygen atoms in total. The molecule has 2 aliphatic heterocycles. The second-order valence-corrected chi connectivity index (χ2v) is 32.1. The molecule has 2 saturated heterocycles. The fraction of sp³-hybridized carbons (Fsp3) is 0.558. The molecule has 14 atom stereocenters. The lowest BCUT2D eigenvalue weighted by Crippen LogP contribution is -2.61. The van der Waals surface area contributed by atoms with Gasteiger partial charge in [-0.15, -0.1) is 0 Å². The number of benzene rings is 2. The topological polar surface area (TPSA) is 653 Å². The standard InChI is InChI=1S/C77H114N22O19S3/c1-38(2)28-53(93-65(107)45(78)31-58(79)101)76(118)99-26-13-20-57(99)73(115)90-49(18-11-24-83-77(81)82)68(110)94-55(37-120)71(113)97-63(40(5)100)75(117)91-50(21-22-61(104)105)66(108)87-35-60(103)98-25-12-19-56(98)72(114)92-51(29-41-32-84-46-16-9-7-14-43(41)46)67(109)86-34-59(102)88-52(30-42-33-85-47-17-10-8-15-44(42)47)69(111)96-62(39(3)4)74(116)95-54(36-119)70(112)89-48(64(80)106)23-27-121-6/h7-10,14-17,32-33,38-40,45,48-57,62-63,84-85,100,119-120H,11-13,18-31,34-37,78H2,1-6H3,(H2,79,101)(H2,80,106)(H,86,109)(H,87,108)(H,88,102)(H,89,112)(H,90,115)(H,91,117)(H,92,114)(H,93,107)(H,94,110)(H,95,116)(H,96,111)(H,97,113)(H,104,105)(H4,81,82,83)/t40-,45+,48+,49+,50+,51+,52+,53+,54+,55+,56+,57+,62+,63+/m1/s1. The summed E-state index contributed by atoms with van der Waals surface area (Å²) >= 11 is 9.94. The highest BCUT2D eigenvalue weighted by atomic mass is 32.2. The van der Waals surface area contributed by atoms with Gasteiger partial charge in [-0.3, -0.25) is 86.9 Å². The molecule has 121 heavy (non-hydrogen) atoms. The summed E-state index contributed by atoms with van der Waals surface area (Å²) in [6.07, 6.45) is 2.21. The van der Waals surface area contributed by atoms with Gasteiger partial charge in [0.25, 0.3) is 0 Å². The molecule has 664 valence electrons. The minimum atomic E-state index is -1.93. The molecule has 2 fully saturated rings. The Labute approximate surface area is 713 Å². The number of aromatic nitrogens is 2. The number of aromatic amines is 2. The summed E-state index contributed by atoms with van der Waals surface area (Å²) in [5.41, 5.74) is 24.6. The molecule has 4 heterocycles. The largest absolute Gasteiger partial charge is 0.481 e. The van der Waals surface area contributed by atoms with E-state index in [1.165, 1.54) is 16.7 Å². The van der Waals surface area contributed by atoms with Crippen molar-refractivity contribution in [2.75, 3.05) is 56.2 Å². The first kappa shape index (κ1) is 98.6. The summed E-state index contributed by atoms with van der Waals surface area (Å²) in [6.45, 7) is 6.42. The quantitative estimate of drug-likeness (QED) is 0.00852. The van der Waals surface area contributed by atoms with E-state index >= 15 is 0 Å². The van der Waals surface area contributed by atoms with E-state index < -0.39 is 235 Å². The van der Waals surface area contributed by atoms with Crippen molar-refractivity contribution in [3.8, 4) is 0 Å². The molecular formula is C77H114N22O19S3. The number of carboxylic acid groups (broad SMARTS) is 1. The molecule has 2 aromatic carbocycles. The fourth-order valence-corrected chi connectivity index (χ4v) is 14.8. The van der Waals surface area contributed by atoms with E-state index in [2.05, 4.69) is 104 Å². The number of nitrogens with one attached hydrogen (secondary N) is 16. The number of guanidine groups is 1. The number of rotatable bonds is 49. The Morgan fingerprint density at radius 3 is 1.55 bits per heavy atom. The lowest BCUT2D eigenvalue weighted by molar-refractivity contribution is -0.142. The maximum Gasteiger partial charge on any atom is 0.303 e. The van der Waals surface area contributed by atoms with Crippen molar-refractivity contribution in [3.63, 3.8) is 0 Å². The van der Waals surface area contributed by atoms with Crippen LogP contribution in [0.3, 0.4) is 0 Å². The highest BCUT2D eigenvalue weighted by Gasteiger charge is 2.43. The van der Waals surface area contributed by atoms with E-state index in [4.69, 9.17) is 28.3 Å². The Morgan fingerprint density at radius 1 is 0.545 bits per heavy atom. The van der Waals surface area contributed by atoms with Gasteiger partial charge in [0.15, 0.2) is 5.96 Å². The van der Waals surface area contributed by atoms with Crippen molar-refractivity contribution in [1.82, 2.24) is 88.9 Å². The summed E-state index contributed by atoms with van der Waals surface area (Å²) in [5.74, 6) is -16.9. The third-order valence-corrected chi connectivity index (χ3v) is 21.6. The van der Waals surface area contributed by atoms with E-state index in [0.29, 0.717) is 45.1 Å². The van der Waals surface area contributed by atoms with Gasteiger partial charge in [-0.2, -0.15) is 37.0 Å². The minimum Gasteiger partial charge on any atom is -0.481 e. The van der Waals surface area contributed by atoms with Crippen LogP contribution in [0.4, 0.5) is 0 Å². The first-order valence-corrected chi connectivity index (χ1v) is 42.3. The molecule has 4 aromatic rings. The average Bonchev–Trinajstić information content (AvgIpc) is 1.69. The Morgan fingerprint density at radius 2 is 1.02 bits per heavy atom. The predicted octanol–water partition coefficient (Wildman–Crippen LogP) is -4.99. The number of fused-ring (bicyclic) bond motifs is 2. The molecular weight excluding hydrogens is 1630 g/mol. The fourth-order valence-electron chi connectivity index (χ4n) is 13.8. The molecule has 44 heteroatoms. The number of hydrogen-bond donors (Lipinski definition) is 24. The van der Waals surface area contributed by atoms with Crippen LogP contribution in [0.5, 0.6) is 0 Å². The van der Waals surface area contributed by atoms with Crippen LogP contribution < -0.4 is 92.1 Å². The molecule has 16 amide bonds. The highest BCUT2D eigenvalue weighted by molar-refractivity contribution is 7.98. The Kier molecular flexibility index (Phi) is 39.3. The lowest BCUT2D eigenvalue weighted by Gasteiger charge is -2.31. The molecule has 0 bridgehead atoms. The first-order chi connectivity index (χ1) is 57.4. The maximum atomic E-state index is 14.6. The number of nitrogens with zero attached hydrogens (tertiary/aromatic N) is 2. The zero-order valence-electron chi connectivity index (χ0n) is 68.2. The van der Waals surface area contributed by atoms with Gasteiger partial charge in [-0.25, -0.2) is 0 Å². The number of thioether (sulfide) groups is 1. The van der Waals surface area contributed by atoms with Gasteiger partial charge >= 0.3 is 5.97 Å².